The highest BCUT2D eigenvalue weighted by molar-refractivity contribution is 7.98. The standard InChI is InChI=1S/C10H15N3O2S/c1-7-4-5-11-10(9(7)13(14)15)12-8(2)6-16-3/h4-5,8H,6H2,1-3H3,(H,11,12). The first-order valence-corrected chi connectivity index (χ1v) is 6.31. The summed E-state index contributed by atoms with van der Waals surface area (Å²) >= 11 is 1.69. The molecular formula is C10H15N3O2S. The van der Waals surface area contributed by atoms with Crippen LogP contribution in [0.4, 0.5) is 11.5 Å². The van der Waals surface area contributed by atoms with Gasteiger partial charge in [-0.05, 0) is 26.2 Å². The van der Waals surface area contributed by atoms with Crippen LogP contribution >= 0.6 is 11.8 Å². The number of rotatable bonds is 5. The Morgan fingerprint density at radius 3 is 2.94 bits per heavy atom. The molecule has 0 amide bonds. The summed E-state index contributed by atoms with van der Waals surface area (Å²) in [5.41, 5.74) is 0.689. The van der Waals surface area contributed by atoms with Gasteiger partial charge in [-0.1, -0.05) is 0 Å². The lowest BCUT2D eigenvalue weighted by Crippen LogP contribution is -2.19. The number of thioether (sulfide) groups is 1. The molecule has 1 aromatic rings. The van der Waals surface area contributed by atoms with E-state index in [-0.39, 0.29) is 11.7 Å². The van der Waals surface area contributed by atoms with Crippen molar-refractivity contribution in [1.29, 1.82) is 0 Å². The van der Waals surface area contributed by atoms with Gasteiger partial charge in [-0.25, -0.2) is 4.98 Å². The molecule has 5 nitrogen and oxygen atoms in total. The van der Waals surface area contributed by atoms with Crippen LogP contribution in [0.25, 0.3) is 0 Å². The fraction of sp³-hybridized carbons (Fsp3) is 0.500. The lowest BCUT2D eigenvalue weighted by atomic mass is 10.2. The van der Waals surface area contributed by atoms with Crippen molar-refractivity contribution in [2.24, 2.45) is 0 Å². The van der Waals surface area contributed by atoms with Crippen LogP contribution in [0.5, 0.6) is 0 Å². The van der Waals surface area contributed by atoms with Crippen LogP contribution in [0.3, 0.4) is 0 Å². The quantitative estimate of drug-likeness (QED) is 0.633. The van der Waals surface area contributed by atoms with E-state index in [4.69, 9.17) is 0 Å². The van der Waals surface area contributed by atoms with Crippen molar-refractivity contribution in [3.8, 4) is 0 Å². The van der Waals surface area contributed by atoms with Crippen LogP contribution in [-0.4, -0.2) is 28.0 Å². The summed E-state index contributed by atoms with van der Waals surface area (Å²) in [4.78, 5) is 14.5. The Kier molecular flexibility index (Phi) is 4.54. The number of nitrogens with zero attached hydrogens (tertiary/aromatic N) is 2. The van der Waals surface area contributed by atoms with Crippen LogP contribution < -0.4 is 5.32 Å². The highest BCUT2D eigenvalue weighted by atomic mass is 32.2. The average Bonchev–Trinajstić information content (AvgIpc) is 2.17. The highest BCUT2D eigenvalue weighted by Gasteiger charge is 2.19. The van der Waals surface area contributed by atoms with Gasteiger partial charge in [-0.3, -0.25) is 10.1 Å². The molecule has 0 aliphatic rings. The molecule has 0 radical (unpaired) electrons. The number of hydrogen-bond donors (Lipinski definition) is 1. The van der Waals surface area contributed by atoms with Crippen molar-refractivity contribution in [2.45, 2.75) is 19.9 Å². The number of anilines is 1. The number of hydrogen-bond acceptors (Lipinski definition) is 5. The summed E-state index contributed by atoms with van der Waals surface area (Å²) in [7, 11) is 0. The molecule has 1 N–H and O–H groups in total. The zero-order valence-corrected chi connectivity index (χ0v) is 10.4. The summed E-state index contributed by atoms with van der Waals surface area (Å²) in [6.07, 6.45) is 3.58. The van der Waals surface area contributed by atoms with Gasteiger partial charge in [0.15, 0.2) is 0 Å². The van der Waals surface area contributed by atoms with Crippen molar-refractivity contribution in [2.75, 3.05) is 17.3 Å². The fourth-order valence-electron chi connectivity index (χ4n) is 1.41. The zero-order chi connectivity index (χ0) is 12.1. The molecule has 0 saturated heterocycles. The normalized spacial score (nSPS) is 12.2. The first kappa shape index (κ1) is 12.8. The maximum atomic E-state index is 10.9. The summed E-state index contributed by atoms with van der Waals surface area (Å²) in [6.45, 7) is 3.69. The first-order chi connectivity index (χ1) is 7.56. The molecule has 0 saturated carbocycles. The molecule has 0 fully saturated rings. The maximum absolute atomic E-state index is 10.9. The molecule has 0 aromatic carbocycles. The van der Waals surface area contributed by atoms with Crippen LogP contribution in [-0.2, 0) is 0 Å². The van der Waals surface area contributed by atoms with E-state index < -0.39 is 4.92 Å². The van der Waals surface area contributed by atoms with Crippen molar-refractivity contribution in [3.05, 3.63) is 27.9 Å². The zero-order valence-electron chi connectivity index (χ0n) is 9.56. The van der Waals surface area contributed by atoms with Gasteiger partial charge in [0.2, 0.25) is 5.82 Å². The lowest BCUT2D eigenvalue weighted by molar-refractivity contribution is -0.384. The van der Waals surface area contributed by atoms with Gasteiger partial charge in [0, 0.05) is 23.6 Å². The molecule has 0 bridgehead atoms. The molecule has 1 aromatic heterocycles. The van der Waals surface area contributed by atoms with E-state index in [1.54, 1.807) is 30.9 Å². The Labute approximate surface area is 98.8 Å². The van der Waals surface area contributed by atoms with Gasteiger partial charge in [0.05, 0.1) is 4.92 Å². The van der Waals surface area contributed by atoms with Crippen molar-refractivity contribution in [1.82, 2.24) is 4.98 Å². The average molecular weight is 241 g/mol. The third-order valence-corrected chi connectivity index (χ3v) is 2.94. The van der Waals surface area contributed by atoms with E-state index >= 15 is 0 Å². The Morgan fingerprint density at radius 2 is 2.38 bits per heavy atom. The van der Waals surface area contributed by atoms with Gasteiger partial charge in [-0.15, -0.1) is 0 Å². The monoisotopic (exact) mass is 241 g/mol. The first-order valence-electron chi connectivity index (χ1n) is 4.91. The molecule has 1 heterocycles. The van der Waals surface area contributed by atoms with E-state index in [9.17, 15) is 10.1 Å². The van der Waals surface area contributed by atoms with Crippen LogP contribution in [0.15, 0.2) is 12.3 Å². The molecular weight excluding hydrogens is 226 g/mol. The molecule has 0 spiro atoms. The minimum atomic E-state index is -0.392. The topological polar surface area (TPSA) is 68.1 Å². The predicted octanol–water partition coefficient (Wildman–Crippen LogP) is 2.46. The van der Waals surface area contributed by atoms with Gasteiger partial charge in [-0.2, -0.15) is 11.8 Å². The Hall–Kier alpha value is -1.30. The third-order valence-electron chi connectivity index (χ3n) is 2.11. The summed E-state index contributed by atoms with van der Waals surface area (Å²) in [6, 6.07) is 1.80. The number of pyridine rings is 1. The smallest absolute Gasteiger partial charge is 0.314 e. The van der Waals surface area contributed by atoms with E-state index in [2.05, 4.69) is 10.3 Å². The Morgan fingerprint density at radius 1 is 1.69 bits per heavy atom. The number of nitrogens with one attached hydrogen (secondary N) is 1. The fourth-order valence-corrected chi connectivity index (χ4v) is 1.99. The van der Waals surface area contributed by atoms with Gasteiger partial charge in [0.25, 0.3) is 0 Å². The lowest BCUT2D eigenvalue weighted by Gasteiger charge is -2.13. The molecule has 16 heavy (non-hydrogen) atoms. The highest BCUT2D eigenvalue weighted by Crippen LogP contribution is 2.26. The SMILES string of the molecule is CSCC(C)Nc1nccc(C)c1[N+](=O)[O-]. The van der Waals surface area contributed by atoms with Gasteiger partial charge >= 0.3 is 5.69 Å². The maximum Gasteiger partial charge on any atom is 0.314 e. The molecule has 1 atom stereocenters. The molecule has 0 aliphatic heterocycles. The minimum Gasteiger partial charge on any atom is -0.361 e. The van der Waals surface area contributed by atoms with Gasteiger partial charge < -0.3 is 5.32 Å². The summed E-state index contributed by atoms with van der Waals surface area (Å²) in [5.74, 6) is 1.24. The van der Waals surface area contributed by atoms with Crippen LogP contribution in [0, 0.1) is 17.0 Å². The molecule has 0 aliphatic carbocycles. The largest absolute Gasteiger partial charge is 0.361 e. The van der Waals surface area contributed by atoms with Crippen LogP contribution in [0.2, 0.25) is 0 Å². The number of nitro groups is 1. The molecule has 6 heteroatoms. The third kappa shape index (κ3) is 3.10. The summed E-state index contributed by atoms with van der Waals surface area (Å²) in [5, 5.41) is 14.0. The number of aryl methyl sites for hydroxylation is 1. The second-order valence-corrected chi connectivity index (χ2v) is 4.49. The predicted molar refractivity (Wildman–Crippen MR) is 67.1 cm³/mol. The van der Waals surface area contributed by atoms with Crippen molar-refractivity contribution in [3.63, 3.8) is 0 Å². The van der Waals surface area contributed by atoms with Crippen molar-refractivity contribution >= 4 is 23.3 Å². The van der Waals surface area contributed by atoms with E-state index in [0.717, 1.165) is 5.75 Å². The van der Waals surface area contributed by atoms with E-state index in [1.165, 1.54) is 0 Å². The summed E-state index contributed by atoms with van der Waals surface area (Å²) < 4.78 is 0. The van der Waals surface area contributed by atoms with Gasteiger partial charge in [0.1, 0.15) is 0 Å². The van der Waals surface area contributed by atoms with E-state index in [0.29, 0.717) is 11.4 Å². The minimum absolute atomic E-state index is 0.0652. The number of aromatic nitrogens is 1. The van der Waals surface area contributed by atoms with E-state index in [1.807, 2.05) is 13.2 Å². The second-order valence-electron chi connectivity index (χ2n) is 3.58. The molecule has 1 unspecified atom stereocenters. The van der Waals surface area contributed by atoms with Crippen molar-refractivity contribution < 1.29 is 4.92 Å². The molecule has 88 valence electrons. The second kappa shape index (κ2) is 5.69. The van der Waals surface area contributed by atoms with Crippen LogP contribution in [0.1, 0.15) is 12.5 Å². The Balaban J connectivity index is 2.95. The Bertz CT molecular complexity index is 384. The molecule has 1 rings (SSSR count).